The summed E-state index contributed by atoms with van der Waals surface area (Å²) >= 11 is 0. The molecule has 0 saturated carbocycles. The Morgan fingerprint density at radius 2 is 1.77 bits per heavy atom. The number of fused-ring (bicyclic) bond motifs is 1. The molecule has 5 rings (SSSR count). The van der Waals surface area contributed by atoms with E-state index in [4.69, 9.17) is 9.47 Å². The normalized spacial score (nSPS) is 18.5. The summed E-state index contributed by atoms with van der Waals surface area (Å²) in [6, 6.07) is 17.1. The van der Waals surface area contributed by atoms with E-state index < -0.39 is 0 Å². The standard InChI is InChI=1S/C26H30N3O2/c1-28(2)26-24-10-7-20(18-21(24)11-14-27-26)19-5-8-22(9-6-19)31-23-12-15-29(16-13-23)25-4-3-17-30-25/h5-11,14,18,23H,3-4,12-13,15-17H2,1-2H3. The Bertz CT molecular complexity index is 1020. The fraction of sp³-hybridized carbons (Fsp3) is 0.385. The summed E-state index contributed by atoms with van der Waals surface area (Å²) in [4.78, 5) is 8.95. The first-order valence-corrected chi connectivity index (χ1v) is 11.2. The van der Waals surface area contributed by atoms with Gasteiger partial charge in [0, 0.05) is 45.4 Å². The molecule has 2 aliphatic heterocycles. The van der Waals surface area contributed by atoms with E-state index in [0.29, 0.717) is 0 Å². The number of ether oxygens (including phenoxy) is 2. The first kappa shape index (κ1) is 20.3. The highest BCUT2D eigenvalue weighted by Crippen LogP contribution is 2.31. The summed E-state index contributed by atoms with van der Waals surface area (Å²) in [7, 11) is 4.05. The molecule has 0 N–H and O–H groups in total. The van der Waals surface area contributed by atoms with Crippen LogP contribution in [0.25, 0.3) is 21.9 Å². The topological polar surface area (TPSA) is 37.8 Å². The van der Waals surface area contributed by atoms with Crippen molar-refractivity contribution in [3.8, 4) is 16.9 Å². The van der Waals surface area contributed by atoms with Crippen LogP contribution in [0.2, 0.25) is 0 Å². The Morgan fingerprint density at radius 3 is 2.48 bits per heavy atom. The van der Waals surface area contributed by atoms with Gasteiger partial charge in [-0.05, 0) is 66.5 Å². The summed E-state index contributed by atoms with van der Waals surface area (Å²) < 4.78 is 12.0. The number of aromatic nitrogens is 1. The highest BCUT2D eigenvalue weighted by molar-refractivity contribution is 5.94. The molecule has 31 heavy (non-hydrogen) atoms. The number of anilines is 1. The number of pyridine rings is 1. The van der Waals surface area contributed by atoms with Gasteiger partial charge in [0.2, 0.25) is 0 Å². The Balaban J connectivity index is 1.24. The molecule has 0 unspecified atom stereocenters. The van der Waals surface area contributed by atoms with Crippen molar-refractivity contribution in [3.63, 3.8) is 0 Å². The van der Waals surface area contributed by atoms with Crippen molar-refractivity contribution in [2.24, 2.45) is 0 Å². The molecular weight excluding hydrogens is 386 g/mol. The minimum absolute atomic E-state index is 0.279. The molecule has 0 atom stereocenters. The summed E-state index contributed by atoms with van der Waals surface area (Å²) in [6.45, 7) is 2.93. The number of nitrogens with zero attached hydrogens (tertiary/aromatic N) is 3. The van der Waals surface area contributed by atoms with Crippen LogP contribution in [0.5, 0.6) is 5.75 Å². The molecule has 1 aromatic heterocycles. The molecule has 0 bridgehead atoms. The molecule has 5 nitrogen and oxygen atoms in total. The van der Waals surface area contributed by atoms with Crippen LogP contribution in [0.4, 0.5) is 5.82 Å². The van der Waals surface area contributed by atoms with E-state index in [-0.39, 0.29) is 6.10 Å². The fourth-order valence-electron chi connectivity index (χ4n) is 4.57. The lowest BCUT2D eigenvalue weighted by molar-refractivity contribution is 0.0300. The zero-order valence-electron chi connectivity index (χ0n) is 18.4. The molecule has 5 heteroatoms. The number of likely N-dealkylation sites (tertiary alicyclic amines) is 1. The number of benzene rings is 2. The Labute approximate surface area is 184 Å². The largest absolute Gasteiger partial charge is 0.490 e. The van der Waals surface area contributed by atoms with Crippen molar-refractivity contribution in [2.75, 3.05) is 38.7 Å². The van der Waals surface area contributed by atoms with E-state index in [2.05, 4.69) is 63.3 Å². The summed E-state index contributed by atoms with van der Waals surface area (Å²) in [5, 5.41) is 2.37. The summed E-state index contributed by atoms with van der Waals surface area (Å²) in [5.74, 6) is 1.95. The van der Waals surface area contributed by atoms with E-state index in [0.717, 1.165) is 56.9 Å². The van der Waals surface area contributed by atoms with Crippen LogP contribution in [0, 0.1) is 6.23 Å². The lowest BCUT2D eigenvalue weighted by Crippen LogP contribution is -2.40. The highest BCUT2D eigenvalue weighted by atomic mass is 16.5. The second-order valence-electron chi connectivity index (χ2n) is 8.64. The fourth-order valence-corrected chi connectivity index (χ4v) is 4.57. The van der Waals surface area contributed by atoms with E-state index in [1.165, 1.54) is 28.1 Å². The Kier molecular flexibility index (Phi) is 5.79. The van der Waals surface area contributed by atoms with Crippen LogP contribution in [0.15, 0.2) is 54.7 Å². The van der Waals surface area contributed by atoms with Crippen molar-refractivity contribution in [3.05, 3.63) is 61.0 Å². The second-order valence-corrected chi connectivity index (χ2v) is 8.64. The van der Waals surface area contributed by atoms with Crippen molar-refractivity contribution in [1.29, 1.82) is 0 Å². The van der Waals surface area contributed by atoms with Crippen LogP contribution in [-0.2, 0) is 4.74 Å². The van der Waals surface area contributed by atoms with Crippen LogP contribution >= 0.6 is 0 Å². The molecule has 2 fully saturated rings. The van der Waals surface area contributed by atoms with Crippen LogP contribution in [0.1, 0.15) is 25.7 Å². The quantitative estimate of drug-likeness (QED) is 0.578. The van der Waals surface area contributed by atoms with Gasteiger partial charge in [0.25, 0.3) is 0 Å². The zero-order valence-corrected chi connectivity index (χ0v) is 18.4. The number of piperidine rings is 1. The van der Waals surface area contributed by atoms with Crippen molar-refractivity contribution in [1.82, 2.24) is 9.88 Å². The summed E-state index contributed by atoms with van der Waals surface area (Å²) in [6.07, 6.45) is 7.68. The average Bonchev–Trinajstić information content (AvgIpc) is 3.34. The Morgan fingerprint density at radius 1 is 1.00 bits per heavy atom. The van der Waals surface area contributed by atoms with Gasteiger partial charge in [-0.15, -0.1) is 0 Å². The lowest BCUT2D eigenvalue weighted by Gasteiger charge is -2.34. The third-order valence-electron chi connectivity index (χ3n) is 6.26. The molecule has 0 amide bonds. The molecule has 3 aromatic rings. The van der Waals surface area contributed by atoms with Crippen LogP contribution in [0.3, 0.4) is 0 Å². The van der Waals surface area contributed by atoms with Crippen LogP contribution < -0.4 is 9.64 Å². The van der Waals surface area contributed by atoms with Gasteiger partial charge in [0.15, 0.2) is 6.23 Å². The van der Waals surface area contributed by atoms with Gasteiger partial charge in [0.1, 0.15) is 17.7 Å². The first-order valence-electron chi connectivity index (χ1n) is 11.2. The molecular formula is C26H30N3O2. The van der Waals surface area contributed by atoms with Gasteiger partial charge in [-0.2, -0.15) is 0 Å². The Hall–Kier alpha value is -2.63. The van der Waals surface area contributed by atoms with Gasteiger partial charge < -0.3 is 14.4 Å². The van der Waals surface area contributed by atoms with Crippen molar-refractivity contribution in [2.45, 2.75) is 31.8 Å². The zero-order chi connectivity index (χ0) is 21.2. The molecule has 1 radical (unpaired) electrons. The van der Waals surface area contributed by atoms with E-state index >= 15 is 0 Å². The molecule has 0 aliphatic carbocycles. The van der Waals surface area contributed by atoms with E-state index in [1.54, 1.807) is 0 Å². The van der Waals surface area contributed by atoms with Gasteiger partial charge in [-0.25, -0.2) is 4.98 Å². The lowest BCUT2D eigenvalue weighted by atomic mass is 10.0. The average molecular weight is 417 g/mol. The predicted molar refractivity (Wildman–Crippen MR) is 125 cm³/mol. The second kappa shape index (κ2) is 8.85. The maximum absolute atomic E-state index is 6.28. The third-order valence-corrected chi connectivity index (χ3v) is 6.26. The van der Waals surface area contributed by atoms with E-state index in [9.17, 15) is 0 Å². The van der Waals surface area contributed by atoms with Crippen molar-refractivity contribution >= 4 is 16.6 Å². The summed E-state index contributed by atoms with van der Waals surface area (Å²) in [5.41, 5.74) is 2.40. The SMILES string of the molecule is CN(C)c1nccc2cc(-c3ccc(OC4CCN([C]5CCCO5)CC4)cc3)ccc12. The van der Waals surface area contributed by atoms with Gasteiger partial charge in [0.05, 0.1) is 0 Å². The molecule has 2 aliphatic rings. The third kappa shape index (κ3) is 4.39. The maximum Gasteiger partial charge on any atom is 0.164 e. The number of rotatable bonds is 5. The number of hydrogen-bond acceptors (Lipinski definition) is 5. The molecule has 3 heterocycles. The van der Waals surface area contributed by atoms with Gasteiger partial charge in [-0.1, -0.05) is 24.3 Å². The molecule has 2 aromatic carbocycles. The van der Waals surface area contributed by atoms with E-state index in [1.807, 2.05) is 20.3 Å². The van der Waals surface area contributed by atoms with Crippen LogP contribution in [-0.4, -0.2) is 49.8 Å². The van der Waals surface area contributed by atoms with Crippen molar-refractivity contribution < 1.29 is 9.47 Å². The minimum atomic E-state index is 0.279. The first-order chi connectivity index (χ1) is 15.2. The van der Waals surface area contributed by atoms with Gasteiger partial charge in [-0.3, -0.25) is 4.90 Å². The van der Waals surface area contributed by atoms with Gasteiger partial charge >= 0.3 is 0 Å². The smallest absolute Gasteiger partial charge is 0.164 e. The molecule has 2 saturated heterocycles. The highest BCUT2D eigenvalue weighted by Gasteiger charge is 2.29. The minimum Gasteiger partial charge on any atom is -0.490 e. The monoisotopic (exact) mass is 416 g/mol. The predicted octanol–water partition coefficient (Wildman–Crippen LogP) is 5.11. The molecule has 161 valence electrons. The molecule has 0 spiro atoms. The maximum atomic E-state index is 6.28. The number of hydrogen-bond donors (Lipinski definition) is 0.